The molecule has 0 saturated carbocycles. The van der Waals surface area contributed by atoms with Gasteiger partial charge in [-0.1, -0.05) is 52.4 Å². The van der Waals surface area contributed by atoms with Crippen LogP contribution in [0.4, 0.5) is 0 Å². The van der Waals surface area contributed by atoms with Crippen molar-refractivity contribution in [1.82, 2.24) is 0 Å². The first-order valence-corrected chi connectivity index (χ1v) is 7.17. The molecule has 2 heteroatoms. The summed E-state index contributed by atoms with van der Waals surface area (Å²) < 4.78 is 0. The number of hydrogen-bond donors (Lipinski definition) is 1. The molecule has 0 rings (SSSR count). The van der Waals surface area contributed by atoms with Crippen molar-refractivity contribution in [3.63, 3.8) is 0 Å². The minimum Gasteiger partial charge on any atom is -0.330 e. The van der Waals surface area contributed by atoms with Crippen molar-refractivity contribution in [3.05, 3.63) is 0 Å². The van der Waals surface area contributed by atoms with Gasteiger partial charge in [0.2, 0.25) is 0 Å². The van der Waals surface area contributed by atoms with Crippen molar-refractivity contribution < 1.29 is 0 Å². The first-order chi connectivity index (χ1) is 6.81. The molecule has 1 unspecified atom stereocenters. The predicted octanol–water partition coefficient (Wildman–Crippen LogP) is 3.82. The summed E-state index contributed by atoms with van der Waals surface area (Å²) in [5.74, 6) is 1.12. The second-order valence-corrected chi connectivity index (χ2v) is 5.57. The highest BCUT2D eigenvalue weighted by atomic mass is 32.2. The first kappa shape index (κ1) is 14.3. The molecule has 2 N–H and O–H groups in total. The molecule has 0 aromatic heterocycles. The zero-order chi connectivity index (χ0) is 10.6. The van der Waals surface area contributed by atoms with E-state index in [-0.39, 0.29) is 0 Å². The van der Waals surface area contributed by atoms with E-state index in [2.05, 4.69) is 13.8 Å². The van der Waals surface area contributed by atoms with Crippen molar-refractivity contribution in [2.75, 3.05) is 12.3 Å². The molecule has 0 aromatic rings. The molecule has 0 radical (unpaired) electrons. The summed E-state index contributed by atoms with van der Waals surface area (Å²) in [7, 11) is 0. The fraction of sp³-hybridized carbons (Fsp3) is 1.00. The van der Waals surface area contributed by atoms with Gasteiger partial charge in [0.25, 0.3) is 0 Å². The van der Waals surface area contributed by atoms with Gasteiger partial charge in [0.1, 0.15) is 0 Å². The third-order valence-corrected chi connectivity index (χ3v) is 3.76. The summed E-state index contributed by atoms with van der Waals surface area (Å²) in [6.45, 7) is 5.42. The molecule has 0 aliphatic heterocycles. The summed E-state index contributed by atoms with van der Waals surface area (Å²) in [6, 6.07) is 0. The Morgan fingerprint density at radius 2 is 1.71 bits per heavy atom. The van der Waals surface area contributed by atoms with E-state index in [0.29, 0.717) is 0 Å². The van der Waals surface area contributed by atoms with Crippen LogP contribution in [-0.4, -0.2) is 17.5 Å². The second kappa shape index (κ2) is 11.4. The van der Waals surface area contributed by atoms with Gasteiger partial charge in [-0.3, -0.25) is 0 Å². The lowest BCUT2D eigenvalue weighted by atomic mass is 10.1. The molecule has 0 heterocycles. The Balaban J connectivity index is 3.02. The van der Waals surface area contributed by atoms with Gasteiger partial charge in [0, 0.05) is 17.5 Å². The Kier molecular flexibility index (Phi) is 11.6. The van der Waals surface area contributed by atoms with Crippen molar-refractivity contribution in [2.24, 2.45) is 5.73 Å². The van der Waals surface area contributed by atoms with E-state index in [0.717, 1.165) is 17.5 Å². The van der Waals surface area contributed by atoms with Crippen LogP contribution >= 0.6 is 11.8 Å². The highest BCUT2D eigenvalue weighted by Gasteiger charge is 2.00. The average molecular weight is 217 g/mol. The predicted molar refractivity (Wildman–Crippen MR) is 69.0 cm³/mol. The van der Waals surface area contributed by atoms with Crippen LogP contribution in [-0.2, 0) is 0 Å². The maximum Gasteiger partial charge on any atom is 0.00585 e. The van der Waals surface area contributed by atoms with Gasteiger partial charge in [-0.25, -0.2) is 0 Å². The molecule has 14 heavy (non-hydrogen) atoms. The summed E-state index contributed by atoms with van der Waals surface area (Å²) >= 11 is 2.02. The third kappa shape index (κ3) is 10.4. The third-order valence-electron chi connectivity index (χ3n) is 2.48. The summed E-state index contributed by atoms with van der Waals surface area (Å²) in [6.07, 6.45) is 9.83. The van der Waals surface area contributed by atoms with E-state index in [9.17, 15) is 0 Å². The molecule has 0 aliphatic carbocycles. The lowest BCUT2D eigenvalue weighted by Crippen LogP contribution is -2.05. The van der Waals surface area contributed by atoms with Crippen molar-refractivity contribution in [2.45, 2.75) is 64.0 Å². The van der Waals surface area contributed by atoms with E-state index in [1.165, 1.54) is 44.9 Å². The first-order valence-electron chi connectivity index (χ1n) is 6.13. The van der Waals surface area contributed by atoms with Crippen LogP contribution in [0.25, 0.3) is 0 Å². The smallest absolute Gasteiger partial charge is 0.00585 e. The second-order valence-electron chi connectivity index (χ2n) is 4.03. The molecule has 1 atom stereocenters. The van der Waals surface area contributed by atoms with Gasteiger partial charge < -0.3 is 5.73 Å². The van der Waals surface area contributed by atoms with Gasteiger partial charge in [0.05, 0.1) is 0 Å². The number of nitrogens with two attached hydrogens (primary N) is 1. The lowest BCUT2D eigenvalue weighted by molar-refractivity contribution is 0.588. The van der Waals surface area contributed by atoms with E-state index in [4.69, 9.17) is 5.73 Å². The highest BCUT2D eigenvalue weighted by molar-refractivity contribution is 7.99. The van der Waals surface area contributed by atoms with E-state index in [1.54, 1.807) is 0 Å². The normalized spacial score (nSPS) is 13.1. The van der Waals surface area contributed by atoms with Gasteiger partial charge in [0.15, 0.2) is 0 Å². The van der Waals surface area contributed by atoms with Crippen molar-refractivity contribution in [3.8, 4) is 0 Å². The van der Waals surface area contributed by atoms with Gasteiger partial charge in [-0.05, 0) is 6.42 Å². The molecule has 0 aromatic carbocycles. The minimum absolute atomic E-state index is 0.810. The molecule has 0 fully saturated rings. The lowest BCUT2D eigenvalue weighted by Gasteiger charge is -2.09. The molecule has 0 spiro atoms. The van der Waals surface area contributed by atoms with Gasteiger partial charge >= 0.3 is 0 Å². The molecular weight excluding hydrogens is 190 g/mol. The van der Waals surface area contributed by atoms with Gasteiger partial charge in [-0.15, -0.1) is 0 Å². The zero-order valence-corrected chi connectivity index (χ0v) is 10.7. The fourth-order valence-corrected chi connectivity index (χ4v) is 2.44. The number of thioether (sulfide) groups is 1. The number of hydrogen-bond acceptors (Lipinski definition) is 2. The Morgan fingerprint density at radius 3 is 2.36 bits per heavy atom. The van der Waals surface area contributed by atoms with Crippen LogP contribution < -0.4 is 5.73 Å². The van der Waals surface area contributed by atoms with Crippen LogP contribution in [0.2, 0.25) is 0 Å². The molecular formula is C12H27NS. The maximum atomic E-state index is 5.47. The molecule has 1 nitrogen and oxygen atoms in total. The highest BCUT2D eigenvalue weighted by Crippen LogP contribution is 2.17. The number of unbranched alkanes of at least 4 members (excludes halogenated alkanes) is 5. The fourth-order valence-electron chi connectivity index (χ4n) is 1.56. The van der Waals surface area contributed by atoms with Gasteiger partial charge in [-0.2, -0.15) is 11.8 Å². The van der Waals surface area contributed by atoms with E-state index in [1.807, 2.05) is 11.8 Å². The Labute approximate surface area is 94.2 Å². The van der Waals surface area contributed by atoms with E-state index >= 15 is 0 Å². The average Bonchev–Trinajstić information content (AvgIpc) is 2.20. The Bertz CT molecular complexity index is 106. The minimum atomic E-state index is 0.810. The molecule has 0 aliphatic rings. The van der Waals surface area contributed by atoms with Crippen LogP contribution in [0.3, 0.4) is 0 Å². The van der Waals surface area contributed by atoms with Crippen LogP contribution in [0.15, 0.2) is 0 Å². The Hall–Kier alpha value is 0.310. The number of rotatable bonds is 10. The molecule has 0 amide bonds. The quantitative estimate of drug-likeness (QED) is 0.563. The SMILES string of the molecule is CCCCCCCCC(C)SCCN. The standard InChI is InChI=1S/C12H27NS/c1-3-4-5-6-7-8-9-12(2)14-11-10-13/h12H,3-11,13H2,1-2H3. The molecule has 0 bridgehead atoms. The largest absolute Gasteiger partial charge is 0.330 e. The summed E-state index contributed by atoms with van der Waals surface area (Å²) in [5, 5.41) is 0.810. The van der Waals surface area contributed by atoms with Crippen LogP contribution in [0.5, 0.6) is 0 Å². The topological polar surface area (TPSA) is 26.0 Å². The monoisotopic (exact) mass is 217 g/mol. The maximum absolute atomic E-state index is 5.47. The van der Waals surface area contributed by atoms with E-state index < -0.39 is 0 Å². The van der Waals surface area contributed by atoms with Crippen molar-refractivity contribution in [1.29, 1.82) is 0 Å². The van der Waals surface area contributed by atoms with Crippen molar-refractivity contribution >= 4 is 11.8 Å². The van der Waals surface area contributed by atoms with Crippen LogP contribution in [0, 0.1) is 0 Å². The molecule has 0 saturated heterocycles. The Morgan fingerprint density at radius 1 is 1.07 bits per heavy atom. The summed E-state index contributed by atoms with van der Waals surface area (Å²) in [5.41, 5.74) is 5.47. The zero-order valence-electron chi connectivity index (χ0n) is 9.93. The van der Waals surface area contributed by atoms with Crippen LogP contribution in [0.1, 0.15) is 58.8 Å². The molecule has 86 valence electrons. The summed E-state index contributed by atoms with van der Waals surface area (Å²) in [4.78, 5) is 0.